The van der Waals surface area contributed by atoms with Gasteiger partial charge >= 0.3 is 0 Å². The summed E-state index contributed by atoms with van der Waals surface area (Å²) in [5, 5.41) is 0. The van der Waals surface area contributed by atoms with Crippen molar-refractivity contribution in [2.24, 2.45) is 33.5 Å². The van der Waals surface area contributed by atoms with Crippen LogP contribution in [0.2, 0.25) is 0 Å². The summed E-state index contributed by atoms with van der Waals surface area (Å²) in [4.78, 5) is 0. The minimum atomic E-state index is 0.378. The lowest BCUT2D eigenvalue weighted by atomic mass is 9.43. The van der Waals surface area contributed by atoms with Crippen LogP contribution in [0.1, 0.15) is 74.7 Å². The maximum atomic E-state index is 2.60. The molecule has 0 radical (unpaired) electrons. The Balaban J connectivity index is 2.50. The van der Waals surface area contributed by atoms with Gasteiger partial charge in [-0.15, -0.1) is 0 Å². The smallest absolute Gasteiger partial charge is 0.0187 e. The molecule has 0 aromatic heterocycles. The molecule has 2 fully saturated rings. The molecule has 100 valence electrons. The summed E-state index contributed by atoms with van der Waals surface area (Å²) in [7, 11) is 0. The number of hydrogen-bond donors (Lipinski definition) is 0. The van der Waals surface area contributed by atoms with Crippen LogP contribution in [0, 0.1) is 33.5 Å². The predicted octanol–water partition coefficient (Wildman–Crippen LogP) is 5.52. The second-order valence-corrected chi connectivity index (χ2v) is 9.01. The van der Waals surface area contributed by atoms with Crippen molar-refractivity contribution in [2.45, 2.75) is 74.7 Å². The summed E-state index contributed by atoms with van der Waals surface area (Å²) in [5.41, 5.74) is 1.76. The van der Waals surface area contributed by atoms with E-state index in [-0.39, 0.29) is 0 Å². The normalized spacial score (nSPS) is 40.9. The molecule has 0 aliphatic heterocycles. The molecule has 17 heavy (non-hydrogen) atoms. The lowest BCUT2D eigenvalue weighted by Gasteiger charge is -2.61. The van der Waals surface area contributed by atoms with Gasteiger partial charge in [-0.25, -0.2) is 0 Å². The highest BCUT2D eigenvalue weighted by molar-refractivity contribution is 5.15. The zero-order valence-electron chi connectivity index (χ0n) is 13.3. The zero-order valence-corrected chi connectivity index (χ0v) is 13.3. The van der Waals surface area contributed by atoms with Gasteiger partial charge in [-0.3, -0.25) is 0 Å². The van der Waals surface area contributed by atoms with Crippen molar-refractivity contribution < 1.29 is 0 Å². The first kappa shape index (κ1) is 13.4. The van der Waals surface area contributed by atoms with Gasteiger partial charge in [0.2, 0.25) is 0 Å². The van der Waals surface area contributed by atoms with Gasteiger partial charge in [-0.1, -0.05) is 55.4 Å². The molecule has 0 amide bonds. The maximum Gasteiger partial charge on any atom is -0.0187 e. The Morgan fingerprint density at radius 3 is 1.65 bits per heavy atom. The standard InChI is InChI=1S/C17H32/c1-14(2,3)16(6,7)17(8)13-10-9-12(11-13)15(17,4)5/h12-13H,9-11H2,1-8H3/t12-,13+,17?/m1/s1. The van der Waals surface area contributed by atoms with Gasteiger partial charge in [-0.05, 0) is 52.8 Å². The van der Waals surface area contributed by atoms with Gasteiger partial charge in [0.15, 0.2) is 0 Å². The van der Waals surface area contributed by atoms with Crippen LogP contribution in [0.3, 0.4) is 0 Å². The average molecular weight is 236 g/mol. The Hall–Kier alpha value is 0. The third kappa shape index (κ3) is 1.36. The molecule has 0 heterocycles. The Kier molecular flexibility index (Phi) is 2.61. The van der Waals surface area contributed by atoms with Crippen molar-refractivity contribution in [1.82, 2.24) is 0 Å². The molecule has 2 bridgehead atoms. The van der Waals surface area contributed by atoms with Gasteiger partial charge in [0, 0.05) is 0 Å². The fourth-order valence-electron chi connectivity index (χ4n) is 5.21. The summed E-state index contributed by atoms with van der Waals surface area (Å²) >= 11 is 0. The maximum absolute atomic E-state index is 2.60. The van der Waals surface area contributed by atoms with Crippen molar-refractivity contribution >= 4 is 0 Å². The van der Waals surface area contributed by atoms with Crippen LogP contribution in [0.5, 0.6) is 0 Å². The van der Waals surface area contributed by atoms with Crippen molar-refractivity contribution in [3.63, 3.8) is 0 Å². The van der Waals surface area contributed by atoms with Crippen LogP contribution >= 0.6 is 0 Å². The molecule has 3 atom stereocenters. The molecule has 0 aromatic rings. The summed E-state index contributed by atoms with van der Waals surface area (Å²) in [6, 6.07) is 0. The Morgan fingerprint density at radius 2 is 1.29 bits per heavy atom. The molecule has 2 rings (SSSR count). The van der Waals surface area contributed by atoms with Crippen LogP contribution in [-0.4, -0.2) is 0 Å². The first-order chi connectivity index (χ1) is 7.46. The molecule has 0 nitrogen and oxygen atoms in total. The minimum Gasteiger partial charge on any atom is -0.0596 e. The quantitative estimate of drug-likeness (QED) is 0.562. The summed E-state index contributed by atoms with van der Waals surface area (Å²) in [6.45, 7) is 20.0. The summed E-state index contributed by atoms with van der Waals surface area (Å²) in [5.74, 6) is 1.93. The van der Waals surface area contributed by atoms with E-state index in [2.05, 4.69) is 55.4 Å². The second-order valence-electron chi connectivity index (χ2n) is 9.01. The second kappa shape index (κ2) is 3.31. The van der Waals surface area contributed by atoms with Crippen molar-refractivity contribution in [3.05, 3.63) is 0 Å². The van der Waals surface area contributed by atoms with E-state index in [1.54, 1.807) is 0 Å². The fourth-order valence-corrected chi connectivity index (χ4v) is 5.21. The van der Waals surface area contributed by atoms with Crippen LogP contribution in [0.4, 0.5) is 0 Å². The van der Waals surface area contributed by atoms with Gasteiger partial charge < -0.3 is 0 Å². The van der Waals surface area contributed by atoms with Crippen LogP contribution in [-0.2, 0) is 0 Å². The topological polar surface area (TPSA) is 0 Å². The van der Waals surface area contributed by atoms with Gasteiger partial charge in [0.05, 0.1) is 0 Å². The van der Waals surface area contributed by atoms with Gasteiger partial charge in [0.1, 0.15) is 0 Å². The molecule has 2 saturated carbocycles. The van der Waals surface area contributed by atoms with Crippen molar-refractivity contribution in [3.8, 4) is 0 Å². The molecule has 0 aromatic carbocycles. The molecule has 0 N–H and O–H groups in total. The van der Waals surface area contributed by atoms with E-state index in [0.29, 0.717) is 21.7 Å². The largest absolute Gasteiger partial charge is 0.0596 e. The Morgan fingerprint density at radius 1 is 0.824 bits per heavy atom. The molecule has 1 unspecified atom stereocenters. The Labute approximate surface area is 109 Å². The van der Waals surface area contributed by atoms with E-state index in [1.165, 1.54) is 19.3 Å². The van der Waals surface area contributed by atoms with E-state index >= 15 is 0 Å². The number of rotatable bonds is 1. The van der Waals surface area contributed by atoms with Gasteiger partial charge in [-0.2, -0.15) is 0 Å². The molecule has 2 aliphatic carbocycles. The first-order valence-electron chi connectivity index (χ1n) is 7.46. The molecule has 0 heteroatoms. The van der Waals surface area contributed by atoms with Gasteiger partial charge in [0.25, 0.3) is 0 Å². The molecular weight excluding hydrogens is 204 g/mol. The van der Waals surface area contributed by atoms with E-state index in [0.717, 1.165) is 11.8 Å². The summed E-state index contributed by atoms with van der Waals surface area (Å²) < 4.78 is 0. The zero-order chi connectivity index (χ0) is 13.3. The predicted molar refractivity (Wildman–Crippen MR) is 76.0 cm³/mol. The lowest BCUT2D eigenvalue weighted by molar-refractivity contribution is -0.132. The van der Waals surface area contributed by atoms with Crippen LogP contribution in [0.15, 0.2) is 0 Å². The van der Waals surface area contributed by atoms with E-state index in [1.807, 2.05) is 0 Å². The number of hydrogen-bond acceptors (Lipinski definition) is 0. The Bertz CT molecular complexity index is 315. The highest BCUT2D eigenvalue weighted by Gasteiger charge is 2.67. The monoisotopic (exact) mass is 236 g/mol. The molecular formula is C17H32. The van der Waals surface area contributed by atoms with E-state index < -0.39 is 0 Å². The molecule has 2 aliphatic rings. The highest BCUT2D eigenvalue weighted by atomic mass is 14.7. The highest BCUT2D eigenvalue weighted by Crippen LogP contribution is 2.74. The van der Waals surface area contributed by atoms with Crippen molar-refractivity contribution in [1.29, 1.82) is 0 Å². The van der Waals surface area contributed by atoms with Crippen LogP contribution in [0.25, 0.3) is 0 Å². The third-order valence-corrected chi connectivity index (χ3v) is 7.78. The average Bonchev–Trinajstić information content (AvgIpc) is 2.67. The third-order valence-electron chi connectivity index (χ3n) is 7.78. The SMILES string of the molecule is CC(C)(C)C(C)(C)C1(C)[C@H]2CC[C@H](C2)C1(C)C. The fraction of sp³-hybridized carbons (Fsp3) is 1.00. The molecule has 0 spiro atoms. The minimum absolute atomic E-state index is 0.378. The summed E-state index contributed by atoms with van der Waals surface area (Å²) in [6.07, 6.45) is 4.45. The van der Waals surface area contributed by atoms with E-state index in [9.17, 15) is 0 Å². The van der Waals surface area contributed by atoms with Crippen molar-refractivity contribution in [2.75, 3.05) is 0 Å². The van der Waals surface area contributed by atoms with E-state index in [4.69, 9.17) is 0 Å². The first-order valence-corrected chi connectivity index (χ1v) is 7.46. The van der Waals surface area contributed by atoms with Crippen LogP contribution < -0.4 is 0 Å². The number of fused-ring (bicyclic) bond motifs is 2. The molecule has 0 saturated heterocycles. The lowest BCUT2D eigenvalue weighted by Crippen LogP contribution is -2.55.